The standard InChI is InChI=1S/C17H16BrIO/c1-9-7-10(2)12(4)16(11(9)3)17(20)14-8-13(18)5-6-15(14)19/h5-8H,1-4H3. The first-order chi connectivity index (χ1) is 9.32. The van der Waals surface area contributed by atoms with Crippen molar-refractivity contribution in [3.8, 4) is 0 Å². The molecule has 0 aromatic heterocycles. The molecule has 3 heteroatoms. The highest BCUT2D eigenvalue weighted by Gasteiger charge is 2.19. The molecule has 2 rings (SSSR count). The van der Waals surface area contributed by atoms with Crippen molar-refractivity contribution in [2.45, 2.75) is 27.7 Å². The van der Waals surface area contributed by atoms with E-state index in [1.165, 1.54) is 11.1 Å². The van der Waals surface area contributed by atoms with Gasteiger partial charge >= 0.3 is 0 Å². The minimum atomic E-state index is 0.109. The van der Waals surface area contributed by atoms with Gasteiger partial charge in [0.25, 0.3) is 0 Å². The third-order valence-electron chi connectivity index (χ3n) is 3.77. The van der Waals surface area contributed by atoms with E-state index in [9.17, 15) is 4.79 Å². The molecule has 0 amide bonds. The molecule has 0 aliphatic heterocycles. The Labute approximate surface area is 142 Å². The summed E-state index contributed by atoms with van der Waals surface area (Å²) in [6.07, 6.45) is 0. The summed E-state index contributed by atoms with van der Waals surface area (Å²) in [6.45, 7) is 8.18. The van der Waals surface area contributed by atoms with Gasteiger partial charge in [-0.15, -0.1) is 0 Å². The van der Waals surface area contributed by atoms with E-state index in [4.69, 9.17) is 0 Å². The van der Waals surface area contributed by atoms with E-state index in [0.29, 0.717) is 0 Å². The van der Waals surface area contributed by atoms with Gasteiger partial charge in [0.2, 0.25) is 0 Å². The molecule has 0 radical (unpaired) electrons. The first-order valence-corrected chi connectivity index (χ1v) is 8.27. The lowest BCUT2D eigenvalue weighted by molar-refractivity contribution is 0.103. The average Bonchev–Trinajstić information content (AvgIpc) is 2.39. The molecule has 2 aromatic rings. The lowest BCUT2D eigenvalue weighted by Gasteiger charge is -2.15. The SMILES string of the molecule is Cc1cc(C)c(C)c(C(=O)c2cc(Br)ccc2I)c1C. The molecule has 2 aromatic carbocycles. The predicted molar refractivity (Wildman–Crippen MR) is 95.7 cm³/mol. The summed E-state index contributed by atoms with van der Waals surface area (Å²) < 4.78 is 1.91. The highest BCUT2D eigenvalue weighted by molar-refractivity contribution is 14.1. The molecule has 0 fully saturated rings. The summed E-state index contributed by atoms with van der Waals surface area (Å²) in [5, 5.41) is 0. The van der Waals surface area contributed by atoms with Crippen LogP contribution < -0.4 is 0 Å². The third-order valence-corrected chi connectivity index (χ3v) is 5.20. The summed E-state index contributed by atoms with van der Waals surface area (Å²) in [7, 11) is 0. The molecule has 0 unspecified atom stereocenters. The molecule has 20 heavy (non-hydrogen) atoms. The molecular formula is C17H16BrIO. The van der Waals surface area contributed by atoms with Gasteiger partial charge in [0.1, 0.15) is 0 Å². The molecule has 1 nitrogen and oxygen atoms in total. The van der Waals surface area contributed by atoms with Gasteiger partial charge in [-0.1, -0.05) is 22.0 Å². The number of halogens is 2. The summed E-state index contributed by atoms with van der Waals surface area (Å²) in [5.41, 5.74) is 6.10. The van der Waals surface area contributed by atoms with E-state index < -0.39 is 0 Å². The number of hydrogen-bond acceptors (Lipinski definition) is 1. The number of hydrogen-bond donors (Lipinski definition) is 0. The lowest BCUT2D eigenvalue weighted by Crippen LogP contribution is -2.10. The van der Waals surface area contributed by atoms with E-state index in [0.717, 1.165) is 30.3 Å². The summed E-state index contributed by atoms with van der Waals surface area (Å²) in [5.74, 6) is 0.109. The largest absolute Gasteiger partial charge is 0.289 e. The van der Waals surface area contributed by atoms with Crippen LogP contribution in [0.15, 0.2) is 28.7 Å². The highest BCUT2D eigenvalue weighted by atomic mass is 127. The average molecular weight is 443 g/mol. The molecule has 0 bridgehead atoms. The maximum atomic E-state index is 12.9. The fourth-order valence-corrected chi connectivity index (χ4v) is 3.31. The number of ketones is 1. The van der Waals surface area contributed by atoms with Crippen molar-refractivity contribution >= 4 is 44.3 Å². The van der Waals surface area contributed by atoms with Crippen LogP contribution in [0.25, 0.3) is 0 Å². The van der Waals surface area contributed by atoms with Gasteiger partial charge in [0, 0.05) is 19.2 Å². The third kappa shape index (κ3) is 2.84. The van der Waals surface area contributed by atoms with E-state index in [1.54, 1.807) is 0 Å². The Morgan fingerprint density at radius 2 is 1.55 bits per heavy atom. The summed E-state index contributed by atoms with van der Waals surface area (Å²) in [6, 6.07) is 7.97. The van der Waals surface area contributed by atoms with Crippen molar-refractivity contribution in [1.82, 2.24) is 0 Å². The van der Waals surface area contributed by atoms with E-state index in [2.05, 4.69) is 58.4 Å². The fraction of sp³-hybridized carbons (Fsp3) is 0.235. The second kappa shape index (κ2) is 5.98. The van der Waals surface area contributed by atoms with Crippen LogP contribution in [-0.4, -0.2) is 5.78 Å². The number of rotatable bonds is 2. The van der Waals surface area contributed by atoms with Gasteiger partial charge in [-0.2, -0.15) is 0 Å². The summed E-state index contributed by atoms with van der Waals surface area (Å²) in [4.78, 5) is 12.9. The summed E-state index contributed by atoms with van der Waals surface area (Å²) >= 11 is 5.67. The van der Waals surface area contributed by atoms with Crippen LogP contribution in [0.2, 0.25) is 0 Å². The normalized spacial score (nSPS) is 10.7. The number of carbonyl (C=O) groups excluding carboxylic acids is 1. The van der Waals surface area contributed by atoms with Crippen molar-refractivity contribution < 1.29 is 4.79 Å². The lowest BCUT2D eigenvalue weighted by atomic mass is 9.89. The first kappa shape index (κ1) is 15.7. The zero-order valence-electron chi connectivity index (χ0n) is 12.0. The van der Waals surface area contributed by atoms with Gasteiger partial charge in [-0.3, -0.25) is 4.79 Å². The van der Waals surface area contributed by atoms with Crippen LogP contribution in [0.4, 0.5) is 0 Å². The van der Waals surface area contributed by atoms with Gasteiger partial charge in [0.05, 0.1) is 0 Å². The Balaban J connectivity index is 2.68. The van der Waals surface area contributed by atoms with E-state index in [1.807, 2.05) is 32.0 Å². The zero-order chi connectivity index (χ0) is 15.0. The van der Waals surface area contributed by atoms with Crippen LogP contribution >= 0.6 is 38.5 Å². The van der Waals surface area contributed by atoms with Crippen LogP contribution in [0.1, 0.15) is 38.2 Å². The zero-order valence-corrected chi connectivity index (χ0v) is 15.7. The molecule has 0 saturated carbocycles. The Kier molecular flexibility index (Phi) is 4.69. The Bertz CT molecular complexity index is 678. The molecule has 0 heterocycles. The Morgan fingerprint density at radius 1 is 1.00 bits per heavy atom. The van der Waals surface area contributed by atoms with Crippen molar-refractivity contribution in [2.24, 2.45) is 0 Å². The quantitative estimate of drug-likeness (QED) is 0.442. The van der Waals surface area contributed by atoms with Crippen LogP contribution in [0.5, 0.6) is 0 Å². The number of aryl methyl sites for hydroxylation is 2. The van der Waals surface area contributed by atoms with Crippen molar-refractivity contribution in [1.29, 1.82) is 0 Å². The second-order valence-corrected chi connectivity index (χ2v) is 7.17. The van der Waals surface area contributed by atoms with Crippen molar-refractivity contribution in [3.63, 3.8) is 0 Å². The molecular weight excluding hydrogens is 427 g/mol. The van der Waals surface area contributed by atoms with Gasteiger partial charge in [-0.05, 0) is 90.7 Å². The van der Waals surface area contributed by atoms with Crippen LogP contribution in [-0.2, 0) is 0 Å². The smallest absolute Gasteiger partial charge is 0.194 e. The van der Waals surface area contributed by atoms with Crippen LogP contribution in [0, 0.1) is 31.3 Å². The molecule has 0 aliphatic rings. The monoisotopic (exact) mass is 442 g/mol. The minimum absolute atomic E-state index is 0.109. The van der Waals surface area contributed by atoms with Crippen molar-refractivity contribution in [3.05, 3.63) is 65.7 Å². The molecule has 0 aliphatic carbocycles. The highest BCUT2D eigenvalue weighted by Crippen LogP contribution is 2.27. The fourth-order valence-electron chi connectivity index (χ4n) is 2.36. The first-order valence-electron chi connectivity index (χ1n) is 6.40. The second-order valence-electron chi connectivity index (χ2n) is 5.09. The van der Waals surface area contributed by atoms with Gasteiger partial charge in [0.15, 0.2) is 5.78 Å². The van der Waals surface area contributed by atoms with E-state index >= 15 is 0 Å². The van der Waals surface area contributed by atoms with Crippen molar-refractivity contribution in [2.75, 3.05) is 0 Å². The van der Waals surface area contributed by atoms with Gasteiger partial charge in [-0.25, -0.2) is 0 Å². The molecule has 0 N–H and O–H groups in total. The molecule has 0 saturated heterocycles. The topological polar surface area (TPSA) is 17.1 Å². The molecule has 0 atom stereocenters. The maximum absolute atomic E-state index is 12.9. The Morgan fingerprint density at radius 3 is 2.10 bits per heavy atom. The predicted octanol–water partition coefficient (Wildman–Crippen LogP) is 5.52. The maximum Gasteiger partial charge on any atom is 0.194 e. The number of benzene rings is 2. The Hall–Kier alpha value is -0.680. The molecule has 0 spiro atoms. The number of carbonyl (C=O) groups is 1. The van der Waals surface area contributed by atoms with Crippen LogP contribution in [0.3, 0.4) is 0 Å². The van der Waals surface area contributed by atoms with E-state index in [-0.39, 0.29) is 5.78 Å². The minimum Gasteiger partial charge on any atom is -0.289 e. The van der Waals surface area contributed by atoms with Gasteiger partial charge < -0.3 is 0 Å². The molecule has 104 valence electrons.